The summed E-state index contributed by atoms with van der Waals surface area (Å²) in [7, 11) is -6.93. The smallest absolute Gasteiger partial charge is 0.207 e. The molecule has 0 fully saturated rings. The summed E-state index contributed by atoms with van der Waals surface area (Å²) in [4.78, 5) is 0.566. The molecule has 0 spiro atoms. The molecule has 0 N–H and O–H groups in total. The number of benzene rings is 2. The molecule has 0 bridgehead atoms. The van der Waals surface area contributed by atoms with Gasteiger partial charge >= 0.3 is 0 Å². The van der Waals surface area contributed by atoms with Crippen LogP contribution in [-0.2, 0) is 26.5 Å². The number of hydrogen-bond donors (Lipinski definition) is 0. The molecule has 0 atom stereocenters. The van der Waals surface area contributed by atoms with Gasteiger partial charge in [0.2, 0.25) is 20.0 Å². The molecule has 0 amide bonds. The standard InChI is InChI=1S/C21H30N2O4S2/c1-5-22(6-2)28(24,25)20-13-9-18(10-14-20)17-19-11-15-21(16-12-19)29(26,27)23(7-3)8-4/h9-16H,5-8,17H2,1-4H3. The Morgan fingerprint density at radius 2 is 0.828 bits per heavy atom. The molecule has 0 unspecified atom stereocenters. The molecule has 2 aromatic rings. The Morgan fingerprint density at radius 1 is 0.552 bits per heavy atom. The van der Waals surface area contributed by atoms with Gasteiger partial charge in [0.1, 0.15) is 0 Å². The van der Waals surface area contributed by atoms with Crippen molar-refractivity contribution in [2.24, 2.45) is 0 Å². The molecule has 2 rings (SSSR count). The van der Waals surface area contributed by atoms with E-state index in [1.54, 1.807) is 48.5 Å². The predicted octanol–water partition coefficient (Wildman–Crippen LogP) is 3.34. The Labute approximate surface area is 175 Å². The van der Waals surface area contributed by atoms with Gasteiger partial charge in [-0.1, -0.05) is 52.0 Å². The molecule has 0 radical (unpaired) electrons. The molecule has 0 aromatic heterocycles. The van der Waals surface area contributed by atoms with Crippen LogP contribution in [0.3, 0.4) is 0 Å². The first-order valence-electron chi connectivity index (χ1n) is 9.88. The second kappa shape index (κ2) is 9.84. The summed E-state index contributed by atoms with van der Waals surface area (Å²) >= 11 is 0. The zero-order chi connectivity index (χ0) is 21.7. The van der Waals surface area contributed by atoms with Crippen LogP contribution in [0.1, 0.15) is 38.8 Å². The van der Waals surface area contributed by atoms with Crippen molar-refractivity contribution >= 4 is 20.0 Å². The Kier molecular flexibility index (Phi) is 7.99. The lowest BCUT2D eigenvalue weighted by Crippen LogP contribution is -2.30. The molecule has 29 heavy (non-hydrogen) atoms. The highest BCUT2D eigenvalue weighted by Gasteiger charge is 2.22. The van der Waals surface area contributed by atoms with E-state index >= 15 is 0 Å². The van der Waals surface area contributed by atoms with E-state index in [0.717, 1.165) is 11.1 Å². The molecule has 0 aliphatic rings. The quantitative estimate of drug-likeness (QED) is 0.570. The highest BCUT2D eigenvalue weighted by atomic mass is 32.2. The monoisotopic (exact) mass is 438 g/mol. The van der Waals surface area contributed by atoms with E-state index < -0.39 is 20.0 Å². The summed E-state index contributed by atoms with van der Waals surface area (Å²) in [6.07, 6.45) is 0.594. The van der Waals surface area contributed by atoms with Gasteiger partial charge in [0, 0.05) is 26.2 Å². The van der Waals surface area contributed by atoms with Gasteiger partial charge in [-0.05, 0) is 41.8 Å². The first-order valence-corrected chi connectivity index (χ1v) is 12.8. The molecule has 0 saturated heterocycles. The van der Waals surface area contributed by atoms with Crippen molar-refractivity contribution in [1.82, 2.24) is 8.61 Å². The van der Waals surface area contributed by atoms with Crippen LogP contribution in [0.25, 0.3) is 0 Å². The molecule has 160 valence electrons. The van der Waals surface area contributed by atoms with Gasteiger partial charge in [0.15, 0.2) is 0 Å². The van der Waals surface area contributed by atoms with Crippen LogP contribution in [0.15, 0.2) is 58.3 Å². The van der Waals surface area contributed by atoms with Crippen molar-refractivity contribution in [3.63, 3.8) is 0 Å². The zero-order valence-corrected chi connectivity index (χ0v) is 19.1. The number of sulfonamides is 2. The highest BCUT2D eigenvalue weighted by Crippen LogP contribution is 2.20. The molecular formula is C21H30N2O4S2. The van der Waals surface area contributed by atoms with Crippen molar-refractivity contribution in [2.45, 2.75) is 43.9 Å². The summed E-state index contributed by atoms with van der Waals surface area (Å²) in [6.45, 7) is 9.01. The van der Waals surface area contributed by atoms with Gasteiger partial charge in [-0.3, -0.25) is 0 Å². The van der Waals surface area contributed by atoms with Crippen molar-refractivity contribution in [1.29, 1.82) is 0 Å². The largest absolute Gasteiger partial charge is 0.243 e. The third-order valence-electron chi connectivity index (χ3n) is 4.94. The van der Waals surface area contributed by atoms with Crippen molar-refractivity contribution in [2.75, 3.05) is 26.2 Å². The van der Waals surface area contributed by atoms with Crippen LogP contribution in [0.4, 0.5) is 0 Å². The maximum atomic E-state index is 12.6. The first-order chi connectivity index (χ1) is 13.7. The zero-order valence-electron chi connectivity index (χ0n) is 17.5. The fraction of sp³-hybridized carbons (Fsp3) is 0.429. The minimum atomic E-state index is -3.46. The van der Waals surface area contributed by atoms with E-state index in [-0.39, 0.29) is 9.79 Å². The van der Waals surface area contributed by atoms with Crippen LogP contribution in [0.2, 0.25) is 0 Å². The third-order valence-corrected chi connectivity index (χ3v) is 9.07. The Balaban J connectivity index is 2.17. The second-order valence-electron chi connectivity index (χ2n) is 6.64. The maximum Gasteiger partial charge on any atom is 0.243 e. The summed E-state index contributed by atoms with van der Waals surface area (Å²) in [5.74, 6) is 0. The summed E-state index contributed by atoms with van der Waals surface area (Å²) < 4.78 is 53.1. The lowest BCUT2D eigenvalue weighted by Gasteiger charge is -2.19. The van der Waals surface area contributed by atoms with Crippen molar-refractivity contribution in [3.05, 3.63) is 59.7 Å². The molecule has 0 aliphatic carbocycles. The van der Waals surface area contributed by atoms with E-state index in [1.165, 1.54) is 8.61 Å². The van der Waals surface area contributed by atoms with E-state index in [2.05, 4.69) is 0 Å². The lowest BCUT2D eigenvalue weighted by atomic mass is 10.1. The molecule has 6 nitrogen and oxygen atoms in total. The maximum absolute atomic E-state index is 12.6. The average Bonchev–Trinajstić information content (AvgIpc) is 2.70. The van der Waals surface area contributed by atoms with E-state index in [0.29, 0.717) is 32.6 Å². The van der Waals surface area contributed by atoms with E-state index in [4.69, 9.17) is 0 Å². The van der Waals surface area contributed by atoms with Gasteiger partial charge in [-0.25, -0.2) is 16.8 Å². The topological polar surface area (TPSA) is 74.8 Å². The average molecular weight is 439 g/mol. The van der Waals surface area contributed by atoms with Crippen LogP contribution in [0, 0.1) is 0 Å². The molecule has 0 saturated carbocycles. The summed E-state index contributed by atoms with van der Waals surface area (Å²) in [5, 5.41) is 0. The van der Waals surface area contributed by atoms with Gasteiger partial charge < -0.3 is 0 Å². The predicted molar refractivity (Wildman–Crippen MR) is 116 cm³/mol. The Hall–Kier alpha value is -1.74. The highest BCUT2D eigenvalue weighted by molar-refractivity contribution is 7.89. The van der Waals surface area contributed by atoms with E-state index in [9.17, 15) is 16.8 Å². The molecule has 8 heteroatoms. The van der Waals surface area contributed by atoms with E-state index in [1.807, 2.05) is 27.7 Å². The molecule has 0 aliphatic heterocycles. The number of hydrogen-bond acceptors (Lipinski definition) is 4. The number of rotatable bonds is 10. The first kappa shape index (κ1) is 23.5. The van der Waals surface area contributed by atoms with Crippen LogP contribution in [0.5, 0.6) is 0 Å². The fourth-order valence-corrected chi connectivity index (χ4v) is 6.14. The normalized spacial score (nSPS) is 12.6. The van der Waals surface area contributed by atoms with Crippen LogP contribution in [-0.4, -0.2) is 51.6 Å². The third kappa shape index (κ3) is 5.25. The molecule has 2 aromatic carbocycles. The number of nitrogens with zero attached hydrogens (tertiary/aromatic N) is 2. The van der Waals surface area contributed by atoms with Crippen LogP contribution < -0.4 is 0 Å². The van der Waals surface area contributed by atoms with Gasteiger partial charge in [0.25, 0.3) is 0 Å². The molecule has 0 heterocycles. The fourth-order valence-electron chi connectivity index (χ4n) is 3.22. The summed E-state index contributed by atoms with van der Waals surface area (Å²) in [6, 6.07) is 13.7. The minimum absolute atomic E-state index is 0.283. The minimum Gasteiger partial charge on any atom is -0.207 e. The van der Waals surface area contributed by atoms with Gasteiger partial charge in [0.05, 0.1) is 9.79 Å². The Morgan fingerprint density at radius 3 is 1.07 bits per heavy atom. The second-order valence-corrected chi connectivity index (χ2v) is 10.5. The van der Waals surface area contributed by atoms with Crippen molar-refractivity contribution in [3.8, 4) is 0 Å². The van der Waals surface area contributed by atoms with Gasteiger partial charge in [-0.2, -0.15) is 8.61 Å². The van der Waals surface area contributed by atoms with Crippen molar-refractivity contribution < 1.29 is 16.8 Å². The SMILES string of the molecule is CCN(CC)S(=O)(=O)c1ccc(Cc2ccc(S(=O)(=O)N(CC)CC)cc2)cc1. The molecular weight excluding hydrogens is 408 g/mol. The lowest BCUT2D eigenvalue weighted by molar-refractivity contribution is 0.444. The Bertz CT molecular complexity index is 908. The summed E-state index contributed by atoms with van der Waals surface area (Å²) in [5.41, 5.74) is 1.92. The van der Waals surface area contributed by atoms with Crippen LogP contribution >= 0.6 is 0 Å². The van der Waals surface area contributed by atoms with Gasteiger partial charge in [-0.15, -0.1) is 0 Å².